The molecular weight excluding hydrogens is 232 g/mol. The molecule has 1 N–H and O–H groups in total. The van der Waals surface area contributed by atoms with E-state index in [9.17, 15) is 14.7 Å². The zero-order valence-corrected chi connectivity index (χ0v) is 10.3. The third-order valence-corrected chi connectivity index (χ3v) is 3.11. The molecule has 0 bridgehead atoms. The summed E-state index contributed by atoms with van der Waals surface area (Å²) in [6.45, 7) is 0.782. The Morgan fingerprint density at radius 2 is 2.06 bits per heavy atom. The number of aromatic hydroxyl groups is 1. The van der Waals surface area contributed by atoms with E-state index in [1.54, 1.807) is 24.1 Å². The van der Waals surface area contributed by atoms with E-state index >= 15 is 0 Å². The number of amides is 2. The number of rotatable bonds is 3. The largest absolute Gasteiger partial charge is 0.508 e. The first-order chi connectivity index (χ1) is 8.58. The summed E-state index contributed by atoms with van der Waals surface area (Å²) in [7, 11) is 1.66. The fourth-order valence-corrected chi connectivity index (χ4v) is 1.96. The first-order valence-electron chi connectivity index (χ1n) is 5.91. The Balaban J connectivity index is 2.00. The highest BCUT2D eigenvalue weighted by Gasteiger charge is 2.24. The zero-order chi connectivity index (χ0) is 13.1. The monoisotopic (exact) mass is 248 g/mol. The highest BCUT2D eigenvalue weighted by Crippen LogP contribution is 2.18. The maximum absolute atomic E-state index is 12.0. The maximum Gasteiger partial charge on any atom is 0.246 e. The van der Waals surface area contributed by atoms with Crippen LogP contribution in [0.2, 0.25) is 0 Å². The molecule has 5 heteroatoms. The van der Waals surface area contributed by atoms with Gasteiger partial charge in [-0.3, -0.25) is 9.59 Å². The van der Waals surface area contributed by atoms with Gasteiger partial charge in [0.05, 0.1) is 0 Å². The van der Waals surface area contributed by atoms with Crippen molar-refractivity contribution < 1.29 is 14.7 Å². The fraction of sp³-hybridized carbons (Fsp3) is 0.385. The van der Waals surface area contributed by atoms with Gasteiger partial charge in [-0.05, 0) is 30.7 Å². The lowest BCUT2D eigenvalue weighted by Crippen LogP contribution is -2.38. The molecule has 1 aliphatic rings. The van der Waals surface area contributed by atoms with Crippen molar-refractivity contribution >= 4 is 17.5 Å². The molecule has 0 spiro atoms. The molecule has 0 aromatic heterocycles. The topological polar surface area (TPSA) is 60.9 Å². The number of phenolic OH excluding ortho intramolecular Hbond substituents is 1. The SMILES string of the molecule is CN(C(=O)CN1CCCC1=O)c1ccc(O)cc1. The van der Waals surface area contributed by atoms with Crippen molar-refractivity contribution in [1.82, 2.24) is 4.90 Å². The summed E-state index contributed by atoms with van der Waals surface area (Å²) in [6.07, 6.45) is 1.37. The number of phenols is 1. The molecule has 0 atom stereocenters. The predicted molar refractivity (Wildman–Crippen MR) is 67.3 cm³/mol. The summed E-state index contributed by atoms with van der Waals surface area (Å²) in [5.74, 6) is 0.0766. The lowest BCUT2D eigenvalue weighted by Gasteiger charge is -2.21. The van der Waals surface area contributed by atoms with Gasteiger partial charge in [0, 0.05) is 25.7 Å². The molecule has 1 saturated heterocycles. The number of benzene rings is 1. The Morgan fingerprint density at radius 1 is 1.39 bits per heavy atom. The number of carbonyl (C=O) groups excluding carboxylic acids is 2. The smallest absolute Gasteiger partial charge is 0.246 e. The molecule has 18 heavy (non-hydrogen) atoms. The standard InChI is InChI=1S/C13H16N2O3/c1-14(10-4-6-11(16)7-5-10)13(18)9-15-8-2-3-12(15)17/h4-7,16H,2-3,8-9H2,1H3. The summed E-state index contributed by atoms with van der Waals surface area (Å²) >= 11 is 0. The minimum atomic E-state index is -0.129. The van der Waals surface area contributed by atoms with Crippen LogP contribution < -0.4 is 4.90 Å². The second-order valence-corrected chi connectivity index (χ2v) is 4.39. The van der Waals surface area contributed by atoms with E-state index < -0.39 is 0 Å². The number of hydrogen-bond acceptors (Lipinski definition) is 3. The van der Waals surface area contributed by atoms with Crippen LogP contribution in [0.25, 0.3) is 0 Å². The Bertz CT molecular complexity index is 456. The van der Waals surface area contributed by atoms with Gasteiger partial charge in [-0.2, -0.15) is 0 Å². The van der Waals surface area contributed by atoms with Crippen molar-refractivity contribution in [2.75, 3.05) is 25.0 Å². The van der Waals surface area contributed by atoms with Gasteiger partial charge in [-0.25, -0.2) is 0 Å². The molecule has 2 amide bonds. The number of likely N-dealkylation sites (N-methyl/N-ethyl adjacent to an activating group) is 1. The van der Waals surface area contributed by atoms with Gasteiger partial charge in [0.2, 0.25) is 11.8 Å². The Hall–Kier alpha value is -2.04. The molecule has 1 heterocycles. The first kappa shape index (κ1) is 12.4. The molecule has 5 nitrogen and oxygen atoms in total. The van der Waals surface area contributed by atoms with Crippen LogP contribution in [0.4, 0.5) is 5.69 Å². The summed E-state index contributed by atoms with van der Waals surface area (Å²) in [4.78, 5) is 26.5. The van der Waals surface area contributed by atoms with Crippen LogP contribution in [0.15, 0.2) is 24.3 Å². The van der Waals surface area contributed by atoms with Crippen LogP contribution in [0.1, 0.15) is 12.8 Å². The average Bonchev–Trinajstić information content (AvgIpc) is 2.75. The normalized spacial score (nSPS) is 14.9. The van der Waals surface area contributed by atoms with Crippen molar-refractivity contribution in [1.29, 1.82) is 0 Å². The van der Waals surface area contributed by atoms with Gasteiger partial charge in [0.1, 0.15) is 12.3 Å². The molecule has 1 aliphatic heterocycles. The summed E-state index contributed by atoms with van der Waals surface area (Å²) in [5, 5.41) is 9.19. The molecule has 0 radical (unpaired) electrons. The van der Waals surface area contributed by atoms with Crippen molar-refractivity contribution in [2.45, 2.75) is 12.8 Å². The van der Waals surface area contributed by atoms with Crippen molar-refractivity contribution in [3.63, 3.8) is 0 Å². The summed E-state index contributed by atoms with van der Waals surface area (Å²) in [5.41, 5.74) is 0.699. The minimum Gasteiger partial charge on any atom is -0.508 e. The molecule has 1 fully saturated rings. The zero-order valence-electron chi connectivity index (χ0n) is 10.3. The van der Waals surface area contributed by atoms with E-state index in [2.05, 4.69) is 0 Å². The van der Waals surface area contributed by atoms with Crippen molar-refractivity contribution in [3.8, 4) is 5.75 Å². The van der Waals surface area contributed by atoms with Crippen molar-refractivity contribution in [3.05, 3.63) is 24.3 Å². The van der Waals surface area contributed by atoms with Gasteiger partial charge in [-0.15, -0.1) is 0 Å². The molecule has 2 rings (SSSR count). The Labute approximate surface area is 106 Å². The van der Waals surface area contributed by atoms with Gasteiger partial charge >= 0.3 is 0 Å². The third kappa shape index (κ3) is 2.61. The van der Waals surface area contributed by atoms with Crippen LogP contribution in [-0.2, 0) is 9.59 Å². The average molecular weight is 248 g/mol. The number of hydrogen-bond donors (Lipinski definition) is 1. The lowest BCUT2D eigenvalue weighted by atomic mass is 10.3. The number of carbonyl (C=O) groups is 2. The van der Waals surface area contributed by atoms with Crippen LogP contribution in [-0.4, -0.2) is 42.0 Å². The van der Waals surface area contributed by atoms with Crippen LogP contribution in [0, 0.1) is 0 Å². The Morgan fingerprint density at radius 3 is 2.61 bits per heavy atom. The predicted octanol–water partition coefficient (Wildman–Crippen LogP) is 0.977. The summed E-state index contributed by atoms with van der Waals surface area (Å²) in [6, 6.07) is 6.39. The van der Waals surface area contributed by atoms with Gasteiger partial charge in [0.25, 0.3) is 0 Å². The van der Waals surface area contributed by atoms with E-state index in [-0.39, 0.29) is 24.1 Å². The van der Waals surface area contributed by atoms with E-state index in [1.807, 2.05) is 0 Å². The quantitative estimate of drug-likeness (QED) is 0.867. The lowest BCUT2D eigenvalue weighted by molar-refractivity contribution is -0.132. The second kappa shape index (κ2) is 5.08. The fourth-order valence-electron chi connectivity index (χ4n) is 1.96. The molecule has 1 aromatic carbocycles. The molecule has 0 saturated carbocycles. The van der Waals surface area contributed by atoms with E-state index in [1.165, 1.54) is 17.0 Å². The van der Waals surface area contributed by atoms with Gasteiger partial charge in [-0.1, -0.05) is 0 Å². The molecule has 1 aromatic rings. The number of nitrogens with zero attached hydrogens (tertiary/aromatic N) is 2. The number of anilines is 1. The van der Waals surface area contributed by atoms with E-state index in [0.717, 1.165) is 6.42 Å². The molecule has 96 valence electrons. The van der Waals surface area contributed by atoms with Crippen LogP contribution in [0.5, 0.6) is 5.75 Å². The van der Waals surface area contributed by atoms with E-state index in [4.69, 9.17) is 0 Å². The minimum absolute atomic E-state index is 0.0439. The van der Waals surface area contributed by atoms with E-state index in [0.29, 0.717) is 18.7 Å². The van der Waals surface area contributed by atoms with Crippen LogP contribution in [0.3, 0.4) is 0 Å². The number of likely N-dealkylation sites (tertiary alicyclic amines) is 1. The van der Waals surface area contributed by atoms with Gasteiger partial charge in [0.15, 0.2) is 0 Å². The first-order valence-corrected chi connectivity index (χ1v) is 5.91. The molecular formula is C13H16N2O3. The van der Waals surface area contributed by atoms with Crippen LogP contribution >= 0.6 is 0 Å². The van der Waals surface area contributed by atoms with Crippen molar-refractivity contribution in [2.24, 2.45) is 0 Å². The molecule has 0 aliphatic carbocycles. The third-order valence-electron chi connectivity index (χ3n) is 3.11. The highest BCUT2D eigenvalue weighted by molar-refractivity contribution is 5.96. The molecule has 0 unspecified atom stereocenters. The second-order valence-electron chi connectivity index (χ2n) is 4.39. The highest BCUT2D eigenvalue weighted by atomic mass is 16.3. The van der Waals surface area contributed by atoms with Gasteiger partial charge < -0.3 is 14.9 Å². The Kier molecular flexibility index (Phi) is 3.50. The maximum atomic E-state index is 12.0. The summed E-state index contributed by atoms with van der Waals surface area (Å²) < 4.78 is 0.